The Morgan fingerprint density at radius 3 is 2.92 bits per heavy atom. The van der Waals surface area contributed by atoms with Crippen molar-refractivity contribution in [3.8, 4) is 0 Å². The van der Waals surface area contributed by atoms with E-state index in [2.05, 4.69) is 58.3 Å². The Labute approximate surface area is 142 Å². The molecule has 0 N–H and O–H groups in total. The SMILES string of the molecule is CN(CCc1ccccc1)C1CCN(c2ccn3nccc3n2)C1. The molecule has 5 nitrogen and oxygen atoms in total. The summed E-state index contributed by atoms with van der Waals surface area (Å²) in [6.45, 7) is 3.21. The van der Waals surface area contributed by atoms with Gasteiger partial charge in [-0.15, -0.1) is 0 Å². The molecule has 24 heavy (non-hydrogen) atoms. The van der Waals surface area contributed by atoms with E-state index in [1.54, 1.807) is 6.20 Å². The molecule has 0 bridgehead atoms. The van der Waals surface area contributed by atoms with Crippen LogP contribution < -0.4 is 4.90 Å². The van der Waals surface area contributed by atoms with Crippen LogP contribution in [0.3, 0.4) is 0 Å². The van der Waals surface area contributed by atoms with E-state index in [9.17, 15) is 0 Å². The first kappa shape index (κ1) is 15.1. The van der Waals surface area contributed by atoms with Crippen LogP contribution in [0.25, 0.3) is 5.65 Å². The third-order valence-corrected chi connectivity index (χ3v) is 4.95. The number of aromatic nitrogens is 3. The van der Waals surface area contributed by atoms with E-state index in [0.29, 0.717) is 6.04 Å². The Kier molecular flexibility index (Phi) is 4.17. The van der Waals surface area contributed by atoms with Gasteiger partial charge in [-0.25, -0.2) is 9.50 Å². The molecule has 1 aromatic carbocycles. The third-order valence-electron chi connectivity index (χ3n) is 4.95. The highest BCUT2D eigenvalue weighted by Gasteiger charge is 2.26. The monoisotopic (exact) mass is 321 g/mol. The summed E-state index contributed by atoms with van der Waals surface area (Å²) in [6.07, 6.45) is 6.08. The molecule has 1 atom stereocenters. The van der Waals surface area contributed by atoms with Gasteiger partial charge in [-0.2, -0.15) is 5.10 Å². The molecule has 124 valence electrons. The van der Waals surface area contributed by atoms with Crippen molar-refractivity contribution in [2.45, 2.75) is 18.9 Å². The lowest BCUT2D eigenvalue weighted by atomic mass is 10.1. The van der Waals surface area contributed by atoms with Gasteiger partial charge in [0.2, 0.25) is 0 Å². The number of hydrogen-bond acceptors (Lipinski definition) is 4. The second-order valence-corrected chi connectivity index (χ2v) is 6.52. The maximum Gasteiger partial charge on any atom is 0.157 e. The summed E-state index contributed by atoms with van der Waals surface area (Å²) in [5.41, 5.74) is 2.32. The second-order valence-electron chi connectivity index (χ2n) is 6.52. The lowest BCUT2D eigenvalue weighted by molar-refractivity contribution is 0.262. The Hall–Kier alpha value is -2.40. The molecule has 0 spiro atoms. The fourth-order valence-electron chi connectivity index (χ4n) is 3.42. The minimum Gasteiger partial charge on any atom is -0.355 e. The number of anilines is 1. The van der Waals surface area contributed by atoms with Crippen molar-refractivity contribution in [3.63, 3.8) is 0 Å². The van der Waals surface area contributed by atoms with Crippen molar-refractivity contribution in [1.82, 2.24) is 19.5 Å². The average Bonchev–Trinajstić information content (AvgIpc) is 3.29. The van der Waals surface area contributed by atoms with E-state index in [0.717, 1.165) is 37.5 Å². The fraction of sp³-hybridized carbons (Fsp3) is 0.368. The average molecular weight is 321 g/mol. The van der Waals surface area contributed by atoms with Crippen LogP contribution >= 0.6 is 0 Å². The normalized spacial score (nSPS) is 17.9. The first-order chi connectivity index (χ1) is 11.8. The highest BCUT2D eigenvalue weighted by Crippen LogP contribution is 2.21. The zero-order valence-corrected chi connectivity index (χ0v) is 14.0. The maximum absolute atomic E-state index is 4.71. The van der Waals surface area contributed by atoms with Crippen molar-refractivity contribution in [3.05, 3.63) is 60.4 Å². The molecule has 1 saturated heterocycles. The van der Waals surface area contributed by atoms with Gasteiger partial charge in [-0.1, -0.05) is 30.3 Å². The van der Waals surface area contributed by atoms with E-state index in [1.807, 2.05) is 16.8 Å². The summed E-state index contributed by atoms with van der Waals surface area (Å²) in [7, 11) is 2.24. The number of rotatable bonds is 5. The Bertz CT molecular complexity index is 798. The zero-order valence-electron chi connectivity index (χ0n) is 14.0. The second kappa shape index (κ2) is 6.61. The molecule has 3 aromatic rings. The van der Waals surface area contributed by atoms with Crippen LogP contribution in [0.5, 0.6) is 0 Å². The van der Waals surface area contributed by atoms with Crippen molar-refractivity contribution in [1.29, 1.82) is 0 Å². The number of hydrogen-bond donors (Lipinski definition) is 0. The molecule has 1 fully saturated rings. The largest absolute Gasteiger partial charge is 0.355 e. The molecule has 1 aliphatic heterocycles. The summed E-state index contributed by atoms with van der Waals surface area (Å²) < 4.78 is 1.81. The first-order valence-corrected chi connectivity index (χ1v) is 8.59. The van der Waals surface area contributed by atoms with E-state index >= 15 is 0 Å². The van der Waals surface area contributed by atoms with Crippen LogP contribution in [0.2, 0.25) is 0 Å². The minimum absolute atomic E-state index is 0.594. The van der Waals surface area contributed by atoms with Gasteiger partial charge >= 0.3 is 0 Å². The molecular weight excluding hydrogens is 298 g/mol. The lowest BCUT2D eigenvalue weighted by Crippen LogP contribution is -2.36. The lowest BCUT2D eigenvalue weighted by Gasteiger charge is -2.25. The zero-order chi connectivity index (χ0) is 16.4. The molecule has 1 aliphatic rings. The van der Waals surface area contributed by atoms with Gasteiger partial charge in [0.15, 0.2) is 5.65 Å². The van der Waals surface area contributed by atoms with Crippen LogP contribution in [0.1, 0.15) is 12.0 Å². The van der Waals surface area contributed by atoms with E-state index < -0.39 is 0 Å². The molecule has 0 saturated carbocycles. The number of likely N-dealkylation sites (N-methyl/N-ethyl adjacent to an activating group) is 1. The van der Waals surface area contributed by atoms with Gasteiger partial charge in [0, 0.05) is 37.9 Å². The molecule has 2 aromatic heterocycles. The predicted molar refractivity (Wildman–Crippen MR) is 96.4 cm³/mol. The number of benzene rings is 1. The summed E-state index contributed by atoms with van der Waals surface area (Å²) in [4.78, 5) is 9.59. The van der Waals surface area contributed by atoms with Crippen LogP contribution in [0, 0.1) is 0 Å². The highest BCUT2D eigenvalue weighted by atomic mass is 15.3. The molecule has 5 heteroatoms. The van der Waals surface area contributed by atoms with Crippen LogP contribution in [0.15, 0.2) is 54.9 Å². The smallest absolute Gasteiger partial charge is 0.157 e. The van der Waals surface area contributed by atoms with Crippen LogP contribution in [-0.4, -0.2) is 52.2 Å². The topological polar surface area (TPSA) is 36.7 Å². The maximum atomic E-state index is 4.71. The summed E-state index contributed by atoms with van der Waals surface area (Å²) >= 11 is 0. The molecule has 0 aliphatic carbocycles. The molecular formula is C19H23N5. The van der Waals surface area contributed by atoms with Crippen molar-refractivity contribution >= 4 is 11.5 Å². The first-order valence-electron chi connectivity index (χ1n) is 8.59. The minimum atomic E-state index is 0.594. The van der Waals surface area contributed by atoms with E-state index in [-0.39, 0.29) is 0 Å². The summed E-state index contributed by atoms with van der Waals surface area (Å²) in [6, 6.07) is 15.3. The van der Waals surface area contributed by atoms with Gasteiger partial charge in [0.05, 0.1) is 6.20 Å². The molecule has 3 heterocycles. The highest BCUT2D eigenvalue weighted by molar-refractivity contribution is 5.48. The van der Waals surface area contributed by atoms with Gasteiger partial charge < -0.3 is 9.80 Å². The standard InChI is InChI=1S/C19H23N5/c1-22(12-8-16-5-3-2-4-6-16)17-9-13-23(15-17)18-10-14-24-19(21-18)7-11-20-24/h2-7,10-11,14,17H,8-9,12-13,15H2,1H3. The Morgan fingerprint density at radius 1 is 1.17 bits per heavy atom. The third kappa shape index (κ3) is 3.12. The number of fused-ring (bicyclic) bond motifs is 1. The van der Waals surface area contributed by atoms with Crippen LogP contribution in [-0.2, 0) is 6.42 Å². The van der Waals surface area contributed by atoms with Gasteiger partial charge in [-0.3, -0.25) is 0 Å². The van der Waals surface area contributed by atoms with Gasteiger partial charge in [0.1, 0.15) is 5.82 Å². The summed E-state index contributed by atoms with van der Waals surface area (Å²) in [5, 5.41) is 4.21. The Morgan fingerprint density at radius 2 is 2.04 bits per heavy atom. The van der Waals surface area contributed by atoms with Crippen LogP contribution in [0.4, 0.5) is 5.82 Å². The molecule has 0 radical (unpaired) electrons. The van der Waals surface area contributed by atoms with Gasteiger partial charge in [0.25, 0.3) is 0 Å². The van der Waals surface area contributed by atoms with Crippen molar-refractivity contribution < 1.29 is 0 Å². The van der Waals surface area contributed by atoms with E-state index in [1.165, 1.54) is 12.0 Å². The molecule has 4 rings (SSSR count). The summed E-state index contributed by atoms with van der Waals surface area (Å²) in [5.74, 6) is 1.06. The van der Waals surface area contributed by atoms with Crippen molar-refractivity contribution in [2.75, 3.05) is 31.6 Å². The molecule has 0 amide bonds. The fourth-order valence-corrected chi connectivity index (χ4v) is 3.42. The van der Waals surface area contributed by atoms with Gasteiger partial charge in [-0.05, 0) is 31.5 Å². The number of nitrogens with zero attached hydrogens (tertiary/aromatic N) is 5. The predicted octanol–water partition coefficient (Wildman–Crippen LogP) is 2.48. The van der Waals surface area contributed by atoms with Crippen molar-refractivity contribution in [2.24, 2.45) is 0 Å². The van der Waals surface area contributed by atoms with E-state index in [4.69, 9.17) is 4.98 Å². The quantitative estimate of drug-likeness (QED) is 0.723. The molecule has 1 unspecified atom stereocenters. The Balaban J connectivity index is 1.36.